The molecule has 0 unspecified atom stereocenters. The number of hydrogen-bond donors (Lipinski definition) is 2. The van der Waals surface area contributed by atoms with Crippen molar-refractivity contribution in [2.75, 3.05) is 11.1 Å². The lowest BCUT2D eigenvalue weighted by molar-refractivity contribution is 0.102. The maximum absolute atomic E-state index is 13.6. The van der Waals surface area contributed by atoms with Gasteiger partial charge in [0, 0.05) is 5.02 Å². The Morgan fingerprint density at radius 2 is 1.87 bits per heavy atom. The molecule has 0 bridgehead atoms. The molecule has 0 saturated carbocycles. The zero-order chi connectivity index (χ0) is 16.4. The van der Waals surface area contributed by atoms with E-state index in [2.05, 4.69) is 15.6 Å². The van der Waals surface area contributed by atoms with Crippen LogP contribution in [0.1, 0.15) is 10.5 Å². The number of nitrogens with zero attached hydrogens (tertiary/aromatic N) is 3. The van der Waals surface area contributed by atoms with Gasteiger partial charge in [0.05, 0.1) is 11.4 Å². The molecule has 0 aliphatic carbocycles. The fourth-order valence-electron chi connectivity index (χ4n) is 1.97. The summed E-state index contributed by atoms with van der Waals surface area (Å²) in [6.45, 7) is 0. The Bertz CT molecular complexity index is 863. The summed E-state index contributed by atoms with van der Waals surface area (Å²) in [5, 5.41) is 10.6. The lowest BCUT2D eigenvalue weighted by Crippen LogP contribution is -2.15. The summed E-state index contributed by atoms with van der Waals surface area (Å²) < 4.78 is 14.9. The van der Waals surface area contributed by atoms with Crippen LogP contribution in [-0.2, 0) is 0 Å². The second-order valence-corrected chi connectivity index (χ2v) is 5.08. The average Bonchev–Trinajstić information content (AvgIpc) is 2.92. The van der Waals surface area contributed by atoms with Gasteiger partial charge in [-0.1, -0.05) is 28.9 Å². The largest absolute Gasteiger partial charge is 0.382 e. The van der Waals surface area contributed by atoms with E-state index in [4.69, 9.17) is 17.3 Å². The Labute approximate surface area is 135 Å². The molecular weight excluding hydrogens is 321 g/mol. The summed E-state index contributed by atoms with van der Waals surface area (Å²) >= 11 is 5.82. The number of halogens is 2. The Morgan fingerprint density at radius 1 is 1.17 bits per heavy atom. The molecule has 3 N–H and O–H groups in total. The van der Waals surface area contributed by atoms with Crippen molar-refractivity contribution >= 4 is 29.0 Å². The summed E-state index contributed by atoms with van der Waals surface area (Å²) in [5.41, 5.74) is 6.46. The second-order valence-electron chi connectivity index (χ2n) is 4.65. The van der Waals surface area contributed by atoms with E-state index in [1.165, 1.54) is 22.9 Å². The third-order valence-corrected chi connectivity index (χ3v) is 3.37. The molecule has 0 atom stereocenters. The standard InChI is InChI=1S/C15H11ClFN5O/c16-9-5-7-10(8-6-9)22-14(18)13(20-21-22)15(23)19-12-4-2-1-3-11(12)17/h1-8H,18H2,(H,19,23). The van der Waals surface area contributed by atoms with Crippen LogP contribution < -0.4 is 11.1 Å². The van der Waals surface area contributed by atoms with Crippen molar-refractivity contribution in [2.24, 2.45) is 0 Å². The Kier molecular flexibility index (Phi) is 3.94. The summed E-state index contributed by atoms with van der Waals surface area (Å²) in [7, 11) is 0. The molecule has 23 heavy (non-hydrogen) atoms. The molecule has 8 heteroatoms. The lowest BCUT2D eigenvalue weighted by Gasteiger charge is -2.05. The molecule has 0 spiro atoms. The number of carbonyl (C=O) groups excluding carboxylic acids is 1. The normalized spacial score (nSPS) is 10.5. The molecule has 116 valence electrons. The first-order valence-electron chi connectivity index (χ1n) is 6.59. The number of nitrogens with two attached hydrogens (primary N) is 1. The minimum Gasteiger partial charge on any atom is -0.382 e. The van der Waals surface area contributed by atoms with Crippen molar-refractivity contribution in [1.29, 1.82) is 0 Å². The van der Waals surface area contributed by atoms with Gasteiger partial charge in [-0.05, 0) is 36.4 Å². The van der Waals surface area contributed by atoms with Gasteiger partial charge in [0.2, 0.25) is 0 Å². The number of benzene rings is 2. The van der Waals surface area contributed by atoms with Crippen LogP contribution in [0.5, 0.6) is 0 Å². The number of carbonyl (C=O) groups is 1. The van der Waals surface area contributed by atoms with Gasteiger partial charge in [-0.2, -0.15) is 4.68 Å². The predicted octanol–water partition coefficient (Wildman–Crippen LogP) is 2.89. The van der Waals surface area contributed by atoms with Crippen LogP contribution in [-0.4, -0.2) is 20.9 Å². The molecule has 2 aromatic carbocycles. The third kappa shape index (κ3) is 3.00. The highest BCUT2D eigenvalue weighted by Crippen LogP contribution is 2.19. The SMILES string of the molecule is Nc1c(C(=O)Nc2ccccc2F)nnn1-c1ccc(Cl)cc1. The molecule has 0 aliphatic heterocycles. The van der Waals surface area contributed by atoms with Crippen LogP contribution in [0, 0.1) is 5.82 Å². The zero-order valence-corrected chi connectivity index (χ0v) is 12.5. The molecule has 3 rings (SSSR count). The van der Waals surface area contributed by atoms with E-state index in [1.54, 1.807) is 30.3 Å². The first kappa shape index (κ1) is 15.0. The number of anilines is 2. The molecule has 1 aromatic heterocycles. The molecule has 0 radical (unpaired) electrons. The van der Waals surface area contributed by atoms with E-state index in [0.717, 1.165) is 0 Å². The third-order valence-electron chi connectivity index (χ3n) is 3.11. The van der Waals surface area contributed by atoms with E-state index in [1.807, 2.05) is 0 Å². The average molecular weight is 332 g/mol. The van der Waals surface area contributed by atoms with Crippen molar-refractivity contribution in [3.63, 3.8) is 0 Å². The van der Waals surface area contributed by atoms with Crippen LogP contribution in [0.4, 0.5) is 15.9 Å². The maximum atomic E-state index is 13.6. The lowest BCUT2D eigenvalue weighted by atomic mass is 10.3. The van der Waals surface area contributed by atoms with Crippen LogP contribution in [0.3, 0.4) is 0 Å². The van der Waals surface area contributed by atoms with Crippen LogP contribution in [0.25, 0.3) is 5.69 Å². The summed E-state index contributed by atoms with van der Waals surface area (Å²) in [6.07, 6.45) is 0. The molecule has 1 heterocycles. The Hall–Kier alpha value is -2.93. The van der Waals surface area contributed by atoms with Gasteiger partial charge in [0.25, 0.3) is 5.91 Å². The molecule has 0 aliphatic rings. The van der Waals surface area contributed by atoms with E-state index in [-0.39, 0.29) is 17.2 Å². The molecule has 3 aromatic rings. The van der Waals surface area contributed by atoms with Gasteiger partial charge in [0.1, 0.15) is 5.82 Å². The van der Waals surface area contributed by atoms with Gasteiger partial charge in [-0.15, -0.1) is 5.10 Å². The smallest absolute Gasteiger partial charge is 0.280 e. The zero-order valence-electron chi connectivity index (χ0n) is 11.7. The number of amides is 1. The topological polar surface area (TPSA) is 85.8 Å². The number of nitrogens with one attached hydrogen (secondary N) is 1. The fourth-order valence-corrected chi connectivity index (χ4v) is 2.09. The highest BCUT2D eigenvalue weighted by atomic mass is 35.5. The van der Waals surface area contributed by atoms with Crippen LogP contribution in [0.15, 0.2) is 48.5 Å². The predicted molar refractivity (Wildman–Crippen MR) is 85.1 cm³/mol. The molecule has 1 amide bonds. The number of aromatic nitrogens is 3. The Balaban J connectivity index is 1.88. The van der Waals surface area contributed by atoms with Crippen molar-refractivity contribution in [3.05, 3.63) is 65.1 Å². The van der Waals surface area contributed by atoms with Gasteiger partial charge in [-0.25, -0.2) is 4.39 Å². The van der Waals surface area contributed by atoms with E-state index in [9.17, 15) is 9.18 Å². The van der Waals surface area contributed by atoms with Crippen molar-refractivity contribution in [3.8, 4) is 5.69 Å². The van der Waals surface area contributed by atoms with E-state index in [0.29, 0.717) is 10.7 Å². The first-order chi connectivity index (χ1) is 11.1. The van der Waals surface area contributed by atoms with E-state index < -0.39 is 11.7 Å². The summed E-state index contributed by atoms with van der Waals surface area (Å²) in [5.74, 6) is -1.15. The molecule has 0 fully saturated rings. The number of rotatable bonds is 3. The molecule has 6 nitrogen and oxygen atoms in total. The minimum absolute atomic E-state index is 0.0398. The minimum atomic E-state index is -0.646. The Morgan fingerprint density at radius 3 is 2.57 bits per heavy atom. The number of hydrogen-bond acceptors (Lipinski definition) is 4. The van der Waals surface area contributed by atoms with Gasteiger partial charge >= 0.3 is 0 Å². The maximum Gasteiger partial charge on any atom is 0.280 e. The van der Waals surface area contributed by atoms with Crippen LogP contribution >= 0.6 is 11.6 Å². The summed E-state index contributed by atoms with van der Waals surface area (Å²) in [6, 6.07) is 12.5. The first-order valence-corrected chi connectivity index (χ1v) is 6.97. The van der Waals surface area contributed by atoms with Gasteiger partial charge < -0.3 is 11.1 Å². The number of nitrogen functional groups attached to an aromatic ring is 1. The second kappa shape index (κ2) is 6.05. The highest BCUT2D eigenvalue weighted by Gasteiger charge is 2.19. The van der Waals surface area contributed by atoms with Crippen molar-refractivity contribution in [1.82, 2.24) is 15.0 Å². The number of para-hydroxylation sites is 1. The highest BCUT2D eigenvalue weighted by molar-refractivity contribution is 6.30. The van der Waals surface area contributed by atoms with Gasteiger partial charge in [0.15, 0.2) is 11.5 Å². The van der Waals surface area contributed by atoms with E-state index >= 15 is 0 Å². The monoisotopic (exact) mass is 331 g/mol. The fraction of sp³-hybridized carbons (Fsp3) is 0. The van der Waals surface area contributed by atoms with Gasteiger partial charge in [-0.3, -0.25) is 4.79 Å². The molecular formula is C15H11ClFN5O. The quantitative estimate of drug-likeness (QED) is 0.772. The molecule has 0 saturated heterocycles. The van der Waals surface area contributed by atoms with Crippen LogP contribution in [0.2, 0.25) is 5.02 Å². The van der Waals surface area contributed by atoms with Crippen molar-refractivity contribution < 1.29 is 9.18 Å². The summed E-state index contributed by atoms with van der Waals surface area (Å²) in [4.78, 5) is 12.2. The van der Waals surface area contributed by atoms with Crippen molar-refractivity contribution in [2.45, 2.75) is 0 Å².